The van der Waals surface area contributed by atoms with E-state index in [0.29, 0.717) is 0 Å². The fourth-order valence-electron chi connectivity index (χ4n) is 14.4. The summed E-state index contributed by atoms with van der Waals surface area (Å²) in [6.07, 6.45) is 0. The van der Waals surface area contributed by atoms with E-state index in [1.165, 1.54) is 131 Å². The van der Waals surface area contributed by atoms with E-state index in [2.05, 4.69) is 265 Å². The molecule has 13 aromatic rings. The van der Waals surface area contributed by atoms with Crippen LogP contribution in [0, 0.1) is 0 Å². The van der Waals surface area contributed by atoms with Crippen LogP contribution in [0.25, 0.3) is 86.6 Å². The summed E-state index contributed by atoms with van der Waals surface area (Å²) in [5.74, 6) is 0. The number of hydrogen-bond acceptors (Lipinski definition) is 3. The van der Waals surface area contributed by atoms with E-state index in [0.717, 1.165) is 22.7 Å². The van der Waals surface area contributed by atoms with Crippen molar-refractivity contribution in [1.29, 1.82) is 0 Å². The lowest BCUT2D eigenvalue weighted by Crippen LogP contribution is -2.26. The normalized spacial score (nSPS) is 15.4. The van der Waals surface area contributed by atoms with Crippen molar-refractivity contribution < 1.29 is 0 Å². The Labute approximate surface area is 438 Å². The number of hydrogen-bond donors (Lipinski definition) is 2. The van der Waals surface area contributed by atoms with Crippen LogP contribution in [0.4, 0.5) is 22.7 Å². The maximum absolute atomic E-state index is 4.12. The Kier molecular flexibility index (Phi) is 8.32. The number of fused-ring (bicyclic) bond motifs is 25. The highest BCUT2D eigenvalue weighted by molar-refractivity contribution is 7.26. The van der Waals surface area contributed by atoms with Crippen LogP contribution in [0.3, 0.4) is 0 Å². The molecule has 2 nitrogen and oxygen atoms in total. The minimum atomic E-state index is -0.555. The van der Waals surface area contributed by atoms with E-state index in [-0.39, 0.29) is 0 Å². The number of nitrogens with one attached hydrogen (secondary N) is 2. The van der Waals surface area contributed by atoms with E-state index < -0.39 is 10.8 Å². The first-order valence-corrected chi connectivity index (χ1v) is 26.9. The van der Waals surface area contributed by atoms with E-state index >= 15 is 0 Å². The van der Waals surface area contributed by atoms with Crippen molar-refractivity contribution >= 4 is 65.0 Å². The van der Waals surface area contributed by atoms with Crippen molar-refractivity contribution in [2.24, 2.45) is 0 Å². The van der Waals surface area contributed by atoms with Gasteiger partial charge in [0.1, 0.15) is 0 Å². The van der Waals surface area contributed by atoms with Crippen molar-refractivity contribution in [3.05, 3.63) is 299 Å². The summed E-state index contributed by atoms with van der Waals surface area (Å²) in [4.78, 5) is 0. The zero-order valence-electron chi connectivity index (χ0n) is 40.7. The first kappa shape index (κ1) is 41.2. The molecule has 4 aliphatic rings. The highest BCUT2D eigenvalue weighted by Crippen LogP contribution is 2.66. The maximum atomic E-state index is 4.12. The van der Waals surface area contributed by atoms with Crippen molar-refractivity contribution in [1.82, 2.24) is 0 Å². The second-order valence-electron chi connectivity index (χ2n) is 20.8. The molecule has 1 aromatic heterocycles. The van der Waals surface area contributed by atoms with Gasteiger partial charge in [0.25, 0.3) is 0 Å². The average Bonchev–Trinajstić information content (AvgIpc) is 4.44. The molecular weight excluding hydrogens is 925 g/mol. The summed E-state index contributed by atoms with van der Waals surface area (Å²) in [6.45, 7) is 0. The van der Waals surface area contributed by atoms with Crippen LogP contribution in [0.15, 0.2) is 255 Å². The summed E-state index contributed by atoms with van der Waals surface area (Å²) in [6, 6.07) is 95.7. The Morgan fingerprint density at radius 1 is 0.267 bits per heavy atom. The third-order valence-electron chi connectivity index (χ3n) is 17.2. The van der Waals surface area contributed by atoms with Gasteiger partial charge in [-0.3, -0.25) is 0 Å². The molecule has 1 heterocycles. The SMILES string of the molecule is c1ccc(Nc2cc3c(c4ccccc24)-c2ccccc2C32c3ccccc3-c3ccc(-c4cc(Nc5ccc6c(c5)C5(c7ccccc7-c7ccccc75)c5ccccc5-6)c5sc6ccccc6c5c4)cc32)cc1. The molecule has 17 rings (SSSR count). The predicted octanol–water partition coefficient (Wildman–Crippen LogP) is 19.0. The highest BCUT2D eigenvalue weighted by Gasteiger charge is 2.53. The first-order chi connectivity index (χ1) is 37.2. The molecule has 0 amide bonds. The number of thiophene rings is 1. The van der Waals surface area contributed by atoms with Gasteiger partial charge in [-0.2, -0.15) is 0 Å². The van der Waals surface area contributed by atoms with Crippen LogP contribution >= 0.6 is 11.3 Å². The van der Waals surface area contributed by atoms with Gasteiger partial charge in [0.05, 0.1) is 21.2 Å². The van der Waals surface area contributed by atoms with Gasteiger partial charge in [-0.25, -0.2) is 0 Å². The van der Waals surface area contributed by atoms with Crippen LogP contribution in [-0.2, 0) is 10.8 Å². The summed E-state index contributed by atoms with van der Waals surface area (Å²) >= 11 is 1.87. The van der Waals surface area contributed by atoms with Crippen LogP contribution in [0.2, 0.25) is 0 Å². The standard InChI is InChI=1S/C72H44N2S/c1-2-18-45(19-3-1)73-66-42-65-69(55-26-5-4-24-53(55)66)56-27-10-16-32-62(56)72(65)61-31-15-9-22-49(61)51-36-34-43(39-63(51)72)44-38-57-54-25-11-17-33-68(54)75-70(57)67(40-44)74-46-35-37-52-50-23-8-14-30-60(50)71(64(52)41-46)58-28-12-6-20-47(58)48-21-7-13-29-59(48)71/h1-42,73-74H. The third-order valence-corrected chi connectivity index (χ3v) is 18.5. The lowest BCUT2D eigenvalue weighted by Gasteiger charge is -2.31. The number of benzene rings is 12. The number of para-hydroxylation sites is 1. The molecule has 3 heteroatoms. The summed E-state index contributed by atoms with van der Waals surface area (Å²) in [5, 5.41) is 13.0. The van der Waals surface area contributed by atoms with Gasteiger partial charge < -0.3 is 10.6 Å². The van der Waals surface area contributed by atoms with Crippen molar-refractivity contribution in [2.75, 3.05) is 10.6 Å². The molecule has 348 valence electrons. The van der Waals surface area contributed by atoms with Gasteiger partial charge in [0.15, 0.2) is 0 Å². The third kappa shape index (κ3) is 5.37. The molecule has 1 unspecified atom stereocenters. The predicted molar refractivity (Wildman–Crippen MR) is 314 cm³/mol. The van der Waals surface area contributed by atoms with E-state index in [4.69, 9.17) is 0 Å². The fraction of sp³-hybridized carbons (Fsp3) is 0.0278. The quantitative estimate of drug-likeness (QED) is 0.180. The molecule has 0 radical (unpaired) electrons. The van der Waals surface area contributed by atoms with E-state index in [1.807, 2.05) is 11.3 Å². The van der Waals surface area contributed by atoms with Crippen molar-refractivity contribution in [2.45, 2.75) is 10.8 Å². The van der Waals surface area contributed by atoms with Crippen LogP contribution in [-0.4, -0.2) is 0 Å². The lowest BCUT2D eigenvalue weighted by atomic mass is 9.70. The lowest BCUT2D eigenvalue weighted by molar-refractivity contribution is 0.794. The maximum Gasteiger partial charge on any atom is 0.0726 e. The molecule has 0 fully saturated rings. The fourth-order valence-corrected chi connectivity index (χ4v) is 15.5. The van der Waals surface area contributed by atoms with Gasteiger partial charge >= 0.3 is 0 Å². The van der Waals surface area contributed by atoms with Gasteiger partial charge in [0.2, 0.25) is 0 Å². The minimum absolute atomic E-state index is 0.425. The van der Waals surface area contributed by atoms with Crippen LogP contribution < -0.4 is 10.6 Å². The van der Waals surface area contributed by atoms with Crippen molar-refractivity contribution in [3.63, 3.8) is 0 Å². The molecule has 75 heavy (non-hydrogen) atoms. The molecule has 0 saturated heterocycles. The topological polar surface area (TPSA) is 24.1 Å². The smallest absolute Gasteiger partial charge is 0.0726 e. The van der Waals surface area contributed by atoms with Gasteiger partial charge in [-0.15, -0.1) is 11.3 Å². The Bertz CT molecular complexity index is 4550. The molecule has 0 bridgehead atoms. The number of anilines is 4. The monoisotopic (exact) mass is 968 g/mol. The van der Waals surface area contributed by atoms with Crippen LogP contribution in [0.5, 0.6) is 0 Å². The Hall–Kier alpha value is -9.28. The second kappa shape index (κ2) is 15.1. The number of rotatable bonds is 5. The molecule has 4 aliphatic carbocycles. The molecule has 0 aliphatic heterocycles. The minimum Gasteiger partial charge on any atom is -0.355 e. The zero-order valence-corrected chi connectivity index (χ0v) is 41.5. The Morgan fingerprint density at radius 3 is 1.40 bits per heavy atom. The molecule has 2 N–H and O–H groups in total. The van der Waals surface area contributed by atoms with Gasteiger partial charge in [-0.1, -0.05) is 200 Å². The largest absolute Gasteiger partial charge is 0.355 e. The van der Waals surface area contributed by atoms with E-state index in [1.54, 1.807) is 0 Å². The molecule has 0 saturated carbocycles. The average molecular weight is 969 g/mol. The van der Waals surface area contributed by atoms with Gasteiger partial charge in [0, 0.05) is 37.9 Å². The van der Waals surface area contributed by atoms with E-state index in [9.17, 15) is 0 Å². The zero-order chi connectivity index (χ0) is 49.0. The Morgan fingerprint density at radius 2 is 0.747 bits per heavy atom. The molecule has 12 aromatic carbocycles. The molecule has 1 atom stereocenters. The second-order valence-corrected chi connectivity index (χ2v) is 21.8. The molecule has 2 spiro atoms. The summed E-state index contributed by atoms with van der Waals surface area (Å²) in [5.41, 5.74) is 26.8. The summed E-state index contributed by atoms with van der Waals surface area (Å²) < 4.78 is 2.54. The van der Waals surface area contributed by atoms with Crippen LogP contribution in [0.1, 0.15) is 44.5 Å². The highest BCUT2D eigenvalue weighted by atomic mass is 32.1. The Balaban J connectivity index is 0.873. The van der Waals surface area contributed by atoms with Gasteiger partial charge in [-0.05, 0) is 160 Å². The first-order valence-electron chi connectivity index (χ1n) is 26.1. The van der Waals surface area contributed by atoms with Crippen molar-refractivity contribution in [3.8, 4) is 55.6 Å². The molecular formula is C72H44N2S. The summed E-state index contributed by atoms with van der Waals surface area (Å²) in [7, 11) is 0.